The summed E-state index contributed by atoms with van der Waals surface area (Å²) in [7, 11) is 0. The van der Waals surface area contributed by atoms with Gasteiger partial charge in [0.2, 0.25) is 0 Å². The molecule has 0 saturated carbocycles. The maximum atomic E-state index is 5.15. The summed E-state index contributed by atoms with van der Waals surface area (Å²) < 4.78 is 1.87. The second kappa shape index (κ2) is 8.98. The van der Waals surface area contributed by atoms with E-state index >= 15 is 0 Å². The molecule has 5 nitrogen and oxygen atoms in total. The summed E-state index contributed by atoms with van der Waals surface area (Å²) in [5, 5.41) is 5.97. The van der Waals surface area contributed by atoms with E-state index in [4.69, 9.17) is 20.1 Å². The van der Waals surface area contributed by atoms with Gasteiger partial charge in [-0.2, -0.15) is 0 Å². The third-order valence-corrected chi connectivity index (χ3v) is 7.45. The van der Waals surface area contributed by atoms with Crippen molar-refractivity contribution in [1.82, 2.24) is 19.6 Å². The normalized spacial score (nSPS) is 13.2. The highest BCUT2D eigenvalue weighted by atomic mass is 15.3. The fraction of sp³-hybridized carbons (Fsp3) is 0.176. The van der Waals surface area contributed by atoms with Crippen LogP contribution >= 0.6 is 0 Å². The molecule has 1 aliphatic rings. The van der Waals surface area contributed by atoms with Crippen molar-refractivity contribution >= 4 is 28.5 Å². The summed E-state index contributed by atoms with van der Waals surface area (Å²) in [4.78, 5) is 14.9. The minimum absolute atomic E-state index is 0.0986. The lowest BCUT2D eigenvalue weighted by Crippen LogP contribution is -2.14. The number of aromatic nitrogens is 4. The molecule has 0 N–H and O–H groups in total. The molecule has 0 unspecified atom stereocenters. The standard InChI is InChI=1S/C34H29N5/c1-34(2,3)29-21-28(27-17-16-23-14-8-18-35-30(23)31(27)36-29)24-12-7-13-25(20-24)32-37-33-26(15-9-19-39(33)38-32)22-10-5-4-6-11-22/h4-7,9-13,15-21H,8,14H2,1-3H3. The van der Waals surface area contributed by atoms with Crippen molar-refractivity contribution in [3.05, 3.63) is 102 Å². The Balaban J connectivity index is 1.40. The van der Waals surface area contributed by atoms with Crippen LogP contribution < -0.4 is 0 Å². The number of pyridine rings is 2. The maximum absolute atomic E-state index is 5.15. The SMILES string of the molecule is CC(C)(C)c1cc(-c2cccc(-c3nc4c(-c5ccccc5)cccn4n3)c2)c2ccc3c(c2n1)N=CCC3. The van der Waals surface area contributed by atoms with Gasteiger partial charge in [0.1, 0.15) is 0 Å². The second-order valence-electron chi connectivity index (χ2n) is 11.2. The zero-order chi connectivity index (χ0) is 26.6. The van der Waals surface area contributed by atoms with Gasteiger partial charge in [0, 0.05) is 40.0 Å². The number of fused-ring (bicyclic) bond motifs is 4. The Morgan fingerprint density at radius 1 is 0.744 bits per heavy atom. The maximum Gasteiger partial charge on any atom is 0.182 e. The average Bonchev–Trinajstić information content (AvgIpc) is 3.41. The smallest absolute Gasteiger partial charge is 0.182 e. The van der Waals surface area contributed by atoms with Crippen molar-refractivity contribution in [3.63, 3.8) is 0 Å². The van der Waals surface area contributed by atoms with E-state index in [9.17, 15) is 0 Å². The fourth-order valence-electron chi connectivity index (χ4n) is 5.36. The van der Waals surface area contributed by atoms with Gasteiger partial charge in [0.05, 0.1) is 11.2 Å². The van der Waals surface area contributed by atoms with Gasteiger partial charge in [0.25, 0.3) is 0 Å². The number of aryl methyl sites for hydroxylation is 1. The fourth-order valence-corrected chi connectivity index (χ4v) is 5.36. The van der Waals surface area contributed by atoms with Gasteiger partial charge in [-0.3, -0.25) is 4.99 Å². The first-order chi connectivity index (χ1) is 19.0. The summed E-state index contributed by atoms with van der Waals surface area (Å²) in [6, 6.07) is 29.7. The second-order valence-corrected chi connectivity index (χ2v) is 11.2. The molecule has 0 amide bonds. The number of hydrogen-bond acceptors (Lipinski definition) is 4. The highest BCUT2D eigenvalue weighted by molar-refractivity contribution is 6.02. The highest BCUT2D eigenvalue weighted by Crippen LogP contribution is 2.40. The zero-order valence-corrected chi connectivity index (χ0v) is 22.4. The van der Waals surface area contributed by atoms with E-state index in [2.05, 4.69) is 81.4 Å². The van der Waals surface area contributed by atoms with E-state index < -0.39 is 0 Å². The molecular weight excluding hydrogens is 478 g/mol. The Morgan fingerprint density at radius 2 is 1.56 bits per heavy atom. The van der Waals surface area contributed by atoms with Crippen LogP contribution in [0.4, 0.5) is 5.69 Å². The predicted molar refractivity (Wildman–Crippen MR) is 160 cm³/mol. The average molecular weight is 508 g/mol. The largest absolute Gasteiger partial charge is 0.259 e. The molecule has 0 atom stereocenters. The quantitative estimate of drug-likeness (QED) is 0.242. The minimum atomic E-state index is -0.0986. The van der Waals surface area contributed by atoms with Crippen LogP contribution in [-0.2, 0) is 11.8 Å². The first-order valence-corrected chi connectivity index (χ1v) is 13.5. The van der Waals surface area contributed by atoms with E-state index in [1.165, 1.54) is 5.56 Å². The van der Waals surface area contributed by atoms with Gasteiger partial charge in [0.15, 0.2) is 11.5 Å². The molecular formula is C34H29N5. The van der Waals surface area contributed by atoms with Gasteiger partial charge in [-0.15, -0.1) is 5.10 Å². The lowest BCUT2D eigenvalue weighted by molar-refractivity contribution is 0.572. The lowest BCUT2D eigenvalue weighted by Gasteiger charge is -2.22. The van der Waals surface area contributed by atoms with E-state index in [0.29, 0.717) is 5.82 Å². The van der Waals surface area contributed by atoms with Gasteiger partial charge in [-0.25, -0.2) is 14.5 Å². The molecule has 3 aromatic heterocycles. The van der Waals surface area contributed by atoms with Crippen molar-refractivity contribution in [2.45, 2.75) is 39.0 Å². The molecule has 5 heteroatoms. The van der Waals surface area contributed by atoms with Crippen LogP contribution in [0.3, 0.4) is 0 Å². The van der Waals surface area contributed by atoms with E-state index in [-0.39, 0.29) is 5.41 Å². The summed E-state index contributed by atoms with van der Waals surface area (Å²) >= 11 is 0. The molecule has 0 aliphatic carbocycles. The van der Waals surface area contributed by atoms with Crippen molar-refractivity contribution < 1.29 is 0 Å². The van der Waals surface area contributed by atoms with Crippen molar-refractivity contribution in [1.29, 1.82) is 0 Å². The molecule has 0 spiro atoms. The summed E-state index contributed by atoms with van der Waals surface area (Å²) in [5.41, 5.74) is 10.5. The Hall–Kier alpha value is -4.64. The number of aliphatic imine (C=N–C) groups is 1. The molecule has 6 aromatic rings. The van der Waals surface area contributed by atoms with Crippen LogP contribution in [0, 0.1) is 0 Å². The number of benzene rings is 3. The number of hydrogen-bond donors (Lipinski definition) is 0. The predicted octanol–water partition coefficient (Wildman–Crippen LogP) is 8.22. The molecule has 4 heterocycles. The van der Waals surface area contributed by atoms with Gasteiger partial charge < -0.3 is 0 Å². The van der Waals surface area contributed by atoms with E-state index in [1.54, 1.807) is 0 Å². The lowest BCUT2D eigenvalue weighted by atomic mass is 9.87. The Kier molecular flexibility index (Phi) is 5.41. The molecule has 3 aromatic carbocycles. The van der Waals surface area contributed by atoms with Gasteiger partial charge in [-0.1, -0.05) is 81.4 Å². The molecule has 190 valence electrons. The monoisotopic (exact) mass is 507 g/mol. The van der Waals surface area contributed by atoms with Crippen LogP contribution in [-0.4, -0.2) is 25.8 Å². The van der Waals surface area contributed by atoms with Crippen LogP contribution in [0.25, 0.3) is 50.2 Å². The molecule has 39 heavy (non-hydrogen) atoms. The molecule has 0 radical (unpaired) electrons. The highest BCUT2D eigenvalue weighted by Gasteiger charge is 2.22. The topological polar surface area (TPSA) is 55.4 Å². The van der Waals surface area contributed by atoms with Crippen molar-refractivity contribution in [2.24, 2.45) is 4.99 Å². The summed E-state index contributed by atoms with van der Waals surface area (Å²) in [6.45, 7) is 6.64. The summed E-state index contributed by atoms with van der Waals surface area (Å²) in [5.74, 6) is 0.705. The zero-order valence-electron chi connectivity index (χ0n) is 22.4. The molecule has 1 aliphatic heterocycles. The van der Waals surface area contributed by atoms with E-state index in [1.807, 2.05) is 41.2 Å². The Labute approximate surface area is 227 Å². The van der Waals surface area contributed by atoms with E-state index in [0.717, 1.165) is 68.6 Å². The number of nitrogens with zero attached hydrogens (tertiary/aromatic N) is 5. The molecule has 0 fully saturated rings. The van der Waals surface area contributed by atoms with Crippen molar-refractivity contribution in [2.75, 3.05) is 0 Å². The first-order valence-electron chi connectivity index (χ1n) is 13.5. The van der Waals surface area contributed by atoms with Crippen LogP contribution in [0.2, 0.25) is 0 Å². The Bertz CT molecular complexity index is 1890. The molecule has 0 bridgehead atoms. The van der Waals surface area contributed by atoms with Crippen molar-refractivity contribution in [3.8, 4) is 33.6 Å². The van der Waals surface area contributed by atoms with Gasteiger partial charge in [-0.05, 0) is 59.4 Å². The first kappa shape index (κ1) is 23.5. The van der Waals surface area contributed by atoms with Crippen LogP contribution in [0.15, 0.2) is 96.1 Å². The van der Waals surface area contributed by atoms with Crippen LogP contribution in [0.1, 0.15) is 38.4 Å². The Morgan fingerprint density at radius 3 is 2.41 bits per heavy atom. The minimum Gasteiger partial charge on any atom is -0.259 e. The molecule has 0 saturated heterocycles. The third-order valence-electron chi connectivity index (χ3n) is 7.45. The van der Waals surface area contributed by atoms with Crippen LogP contribution in [0.5, 0.6) is 0 Å². The van der Waals surface area contributed by atoms with Gasteiger partial charge >= 0.3 is 0 Å². The number of rotatable bonds is 3. The third kappa shape index (κ3) is 4.11. The molecule has 7 rings (SSSR count). The summed E-state index contributed by atoms with van der Waals surface area (Å²) in [6.07, 6.45) is 5.96.